The minimum atomic E-state index is -4.56. The molecule has 1 aliphatic heterocycles. The standard InChI is InChI=1S/C20H15F3N2O3/c1-2-12-6-8-15(9-7-12)25-18(27)16(17(26)24-19(25)28)11-13-4-3-5-14(10-13)20(21,22)23/h3-11H,2H2,1H3,(H,24,26,28)/b16-11-. The maximum Gasteiger partial charge on any atom is 0.416 e. The molecule has 2 aromatic rings. The minimum absolute atomic E-state index is 0.0176. The van der Waals surface area contributed by atoms with Crippen LogP contribution in [0.25, 0.3) is 6.08 Å². The molecule has 1 N–H and O–H groups in total. The fourth-order valence-corrected chi connectivity index (χ4v) is 2.74. The van der Waals surface area contributed by atoms with Crippen molar-refractivity contribution in [1.82, 2.24) is 5.32 Å². The zero-order valence-electron chi connectivity index (χ0n) is 14.7. The number of benzene rings is 2. The molecule has 0 saturated carbocycles. The lowest BCUT2D eigenvalue weighted by Crippen LogP contribution is -2.54. The van der Waals surface area contributed by atoms with E-state index in [1.807, 2.05) is 12.2 Å². The average Bonchev–Trinajstić information content (AvgIpc) is 2.65. The Morgan fingerprint density at radius 1 is 1.04 bits per heavy atom. The van der Waals surface area contributed by atoms with E-state index in [0.717, 1.165) is 35.1 Å². The molecule has 4 amide bonds. The van der Waals surface area contributed by atoms with Crippen LogP contribution in [0.1, 0.15) is 23.6 Å². The molecule has 3 rings (SSSR count). The molecule has 144 valence electrons. The summed E-state index contributed by atoms with van der Waals surface area (Å²) in [5.41, 5.74) is -0.0809. The number of anilines is 1. The number of nitrogens with one attached hydrogen (secondary N) is 1. The van der Waals surface area contributed by atoms with Crippen molar-refractivity contribution < 1.29 is 27.6 Å². The number of nitrogens with zero attached hydrogens (tertiary/aromatic N) is 1. The Morgan fingerprint density at radius 3 is 2.32 bits per heavy atom. The SMILES string of the molecule is CCc1ccc(N2C(=O)NC(=O)/C(=C/c3cccc(C(F)(F)F)c3)C2=O)cc1. The second-order valence-electron chi connectivity index (χ2n) is 6.10. The molecule has 28 heavy (non-hydrogen) atoms. The molecule has 0 radical (unpaired) electrons. The second kappa shape index (κ2) is 7.30. The number of imide groups is 2. The summed E-state index contributed by atoms with van der Waals surface area (Å²) >= 11 is 0. The summed E-state index contributed by atoms with van der Waals surface area (Å²) in [6.45, 7) is 1.95. The van der Waals surface area contributed by atoms with Gasteiger partial charge in [0.15, 0.2) is 0 Å². The first kappa shape index (κ1) is 19.3. The van der Waals surface area contributed by atoms with Gasteiger partial charge in [-0.15, -0.1) is 0 Å². The number of halogens is 3. The van der Waals surface area contributed by atoms with Gasteiger partial charge in [-0.25, -0.2) is 9.69 Å². The first-order valence-electron chi connectivity index (χ1n) is 8.38. The van der Waals surface area contributed by atoms with Crippen LogP contribution >= 0.6 is 0 Å². The monoisotopic (exact) mass is 388 g/mol. The number of rotatable bonds is 3. The van der Waals surface area contributed by atoms with Crippen molar-refractivity contribution >= 4 is 29.6 Å². The Labute approximate surface area is 158 Å². The van der Waals surface area contributed by atoms with Crippen molar-refractivity contribution in [2.45, 2.75) is 19.5 Å². The highest BCUT2D eigenvalue weighted by molar-refractivity contribution is 6.39. The van der Waals surface area contributed by atoms with E-state index < -0.39 is 35.2 Å². The van der Waals surface area contributed by atoms with Crippen molar-refractivity contribution in [2.24, 2.45) is 0 Å². The smallest absolute Gasteiger partial charge is 0.273 e. The number of barbiturate groups is 1. The zero-order chi connectivity index (χ0) is 20.5. The van der Waals surface area contributed by atoms with Crippen LogP contribution in [0.2, 0.25) is 0 Å². The number of aryl methyl sites for hydroxylation is 1. The van der Waals surface area contributed by atoms with Crippen LogP contribution in [0.4, 0.5) is 23.7 Å². The molecule has 5 nitrogen and oxygen atoms in total. The van der Waals surface area contributed by atoms with Crippen LogP contribution in [-0.4, -0.2) is 17.8 Å². The van der Waals surface area contributed by atoms with Crippen molar-refractivity contribution in [1.29, 1.82) is 0 Å². The maximum absolute atomic E-state index is 12.9. The zero-order valence-corrected chi connectivity index (χ0v) is 14.7. The second-order valence-corrected chi connectivity index (χ2v) is 6.10. The van der Waals surface area contributed by atoms with Crippen LogP contribution in [-0.2, 0) is 22.2 Å². The summed E-state index contributed by atoms with van der Waals surface area (Å²) < 4.78 is 38.6. The number of urea groups is 1. The summed E-state index contributed by atoms with van der Waals surface area (Å²) in [5.74, 6) is -1.87. The highest BCUT2D eigenvalue weighted by atomic mass is 19.4. The molecule has 1 saturated heterocycles. The van der Waals surface area contributed by atoms with Gasteiger partial charge >= 0.3 is 12.2 Å². The van der Waals surface area contributed by atoms with Crippen molar-refractivity contribution in [3.63, 3.8) is 0 Å². The largest absolute Gasteiger partial charge is 0.416 e. The minimum Gasteiger partial charge on any atom is -0.273 e. The van der Waals surface area contributed by atoms with Gasteiger partial charge in [-0.3, -0.25) is 14.9 Å². The number of carbonyl (C=O) groups excluding carboxylic acids is 3. The number of alkyl halides is 3. The summed E-state index contributed by atoms with van der Waals surface area (Å²) in [5, 5.41) is 2.04. The lowest BCUT2D eigenvalue weighted by Gasteiger charge is -2.26. The van der Waals surface area contributed by atoms with E-state index in [1.54, 1.807) is 24.3 Å². The fourth-order valence-electron chi connectivity index (χ4n) is 2.74. The molecule has 0 unspecified atom stereocenters. The van der Waals surface area contributed by atoms with Gasteiger partial charge in [0.25, 0.3) is 11.8 Å². The molecular formula is C20H15F3N2O3. The predicted molar refractivity (Wildman–Crippen MR) is 96.3 cm³/mol. The fraction of sp³-hybridized carbons (Fsp3) is 0.150. The van der Waals surface area contributed by atoms with Crippen molar-refractivity contribution in [3.8, 4) is 0 Å². The third kappa shape index (κ3) is 3.80. The Hall–Kier alpha value is -3.42. The number of hydrogen-bond acceptors (Lipinski definition) is 3. The Morgan fingerprint density at radius 2 is 1.71 bits per heavy atom. The van der Waals surface area contributed by atoms with E-state index in [2.05, 4.69) is 0 Å². The molecule has 0 aromatic heterocycles. The molecule has 0 atom stereocenters. The first-order valence-corrected chi connectivity index (χ1v) is 8.38. The van der Waals surface area contributed by atoms with Gasteiger partial charge in [-0.2, -0.15) is 13.2 Å². The molecule has 0 bridgehead atoms. The molecular weight excluding hydrogens is 373 g/mol. The highest BCUT2D eigenvalue weighted by Crippen LogP contribution is 2.30. The summed E-state index contributed by atoms with van der Waals surface area (Å²) in [6, 6.07) is 9.90. The average molecular weight is 388 g/mol. The topological polar surface area (TPSA) is 66.5 Å². The van der Waals surface area contributed by atoms with E-state index in [1.165, 1.54) is 12.1 Å². The van der Waals surface area contributed by atoms with Gasteiger partial charge in [0.05, 0.1) is 11.3 Å². The Kier molecular flexibility index (Phi) is 5.04. The summed E-state index contributed by atoms with van der Waals surface area (Å²) in [7, 11) is 0. The van der Waals surface area contributed by atoms with Gasteiger partial charge < -0.3 is 0 Å². The van der Waals surface area contributed by atoms with E-state index in [4.69, 9.17) is 0 Å². The van der Waals surface area contributed by atoms with Crippen molar-refractivity contribution in [3.05, 3.63) is 70.8 Å². The molecule has 0 aliphatic carbocycles. The summed E-state index contributed by atoms with van der Waals surface area (Å²) in [6.07, 6.45) is -2.76. The predicted octanol–water partition coefficient (Wildman–Crippen LogP) is 3.93. The molecule has 1 aliphatic rings. The van der Waals surface area contributed by atoms with E-state index in [-0.39, 0.29) is 11.3 Å². The highest BCUT2D eigenvalue weighted by Gasteiger charge is 2.37. The van der Waals surface area contributed by atoms with Gasteiger partial charge in [0.1, 0.15) is 5.57 Å². The number of amides is 4. The molecule has 0 spiro atoms. The Balaban J connectivity index is 1.99. The summed E-state index contributed by atoms with van der Waals surface area (Å²) in [4.78, 5) is 37.8. The van der Waals surface area contributed by atoms with Crippen LogP contribution < -0.4 is 10.2 Å². The third-order valence-electron chi connectivity index (χ3n) is 4.23. The van der Waals surface area contributed by atoms with E-state index >= 15 is 0 Å². The van der Waals surface area contributed by atoms with Gasteiger partial charge in [0.2, 0.25) is 0 Å². The lowest BCUT2D eigenvalue weighted by atomic mass is 10.0. The van der Waals surface area contributed by atoms with E-state index in [0.29, 0.717) is 0 Å². The molecule has 2 aromatic carbocycles. The van der Waals surface area contributed by atoms with Crippen LogP contribution in [0, 0.1) is 0 Å². The number of hydrogen-bond donors (Lipinski definition) is 1. The Bertz CT molecular complexity index is 979. The first-order chi connectivity index (χ1) is 13.2. The molecule has 1 heterocycles. The number of carbonyl (C=O) groups is 3. The van der Waals surface area contributed by atoms with Crippen LogP contribution in [0.5, 0.6) is 0 Å². The van der Waals surface area contributed by atoms with E-state index in [9.17, 15) is 27.6 Å². The quantitative estimate of drug-likeness (QED) is 0.640. The van der Waals surface area contributed by atoms with Crippen molar-refractivity contribution in [2.75, 3.05) is 4.90 Å². The third-order valence-corrected chi connectivity index (χ3v) is 4.23. The van der Waals surface area contributed by atoms with Gasteiger partial charge in [0, 0.05) is 0 Å². The van der Waals surface area contributed by atoms with Gasteiger partial charge in [-0.1, -0.05) is 31.2 Å². The lowest BCUT2D eigenvalue weighted by molar-refractivity contribution is -0.137. The maximum atomic E-state index is 12.9. The van der Waals surface area contributed by atoms with Gasteiger partial charge in [-0.05, 0) is 47.9 Å². The normalized spacial score (nSPS) is 16.5. The molecule has 8 heteroatoms. The molecule has 1 fully saturated rings. The van der Waals surface area contributed by atoms with Crippen LogP contribution in [0.15, 0.2) is 54.1 Å². The van der Waals surface area contributed by atoms with Crippen LogP contribution in [0.3, 0.4) is 0 Å².